The van der Waals surface area contributed by atoms with Crippen molar-refractivity contribution in [3.05, 3.63) is 48.0 Å². The summed E-state index contributed by atoms with van der Waals surface area (Å²) in [7, 11) is 0. The summed E-state index contributed by atoms with van der Waals surface area (Å²) >= 11 is 0. The largest absolute Gasteiger partial charge is 0.478 e. The summed E-state index contributed by atoms with van der Waals surface area (Å²) in [4.78, 5) is 26.4. The smallest absolute Gasteiger partial charge is 0.268 e. The Kier molecular flexibility index (Phi) is 7.77. The third-order valence-corrected chi connectivity index (χ3v) is 7.00. The van der Waals surface area contributed by atoms with Gasteiger partial charge in [0.05, 0.1) is 17.6 Å². The van der Waals surface area contributed by atoms with Gasteiger partial charge >= 0.3 is 0 Å². The number of piperidine rings is 1. The number of carbonyl (C=O) groups is 1. The van der Waals surface area contributed by atoms with Gasteiger partial charge in [-0.3, -0.25) is 20.1 Å². The number of fused-ring (bicyclic) bond motifs is 1. The summed E-state index contributed by atoms with van der Waals surface area (Å²) in [5.41, 5.74) is 7.25. The second-order valence-corrected chi connectivity index (χ2v) is 9.50. The van der Waals surface area contributed by atoms with Crippen LogP contribution in [0.1, 0.15) is 63.8 Å². The van der Waals surface area contributed by atoms with E-state index >= 15 is 0 Å². The van der Waals surface area contributed by atoms with Gasteiger partial charge in [0.15, 0.2) is 6.10 Å². The zero-order chi connectivity index (χ0) is 24.1. The van der Waals surface area contributed by atoms with E-state index in [0.29, 0.717) is 35.8 Å². The van der Waals surface area contributed by atoms with Gasteiger partial charge in [0, 0.05) is 31.2 Å². The van der Waals surface area contributed by atoms with E-state index in [9.17, 15) is 4.79 Å². The van der Waals surface area contributed by atoms with Crippen LogP contribution < -0.4 is 15.4 Å². The van der Waals surface area contributed by atoms with E-state index < -0.39 is 6.10 Å². The Balaban J connectivity index is 1.37. The number of nitrogen functional groups attached to an aromatic ring is 1. The van der Waals surface area contributed by atoms with Gasteiger partial charge in [-0.25, -0.2) is 4.98 Å². The fraction of sp³-hybridized carbons (Fsp3) is 0.538. The van der Waals surface area contributed by atoms with E-state index in [1.807, 2.05) is 29.2 Å². The standard InChI is InChI=1S/C26H36N6O2/c1-18-9-8-10-19(2)31(18)13-6-3-7-14-32-22-11-4-5-12-23(22)34-24(26(32)33)15-20-16-29-17-21(30-20)25(27)28/h4-5,11-12,16-19,24H,3,6-10,13-15H2,1-2H3,(H3,27,28)/t18-,19+,24?. The molecule has 1 aromatic heterocycles. The molecule has 0 radical (unpaired) electrons. The normalized spacial score (nSPS) is 22.8. The summed E-state index contributed by atoms with van der Waals surface area (Å²) in [5.74, 6) is 0.497. The molecule has 0 saturated carbocycles. The molecule has 1 saturated heterocycles. The van der Waals surface area contributed by atoms with Crippen molar-refractivity contribution >= 4 is 17.4 Å². The van der Waals surface area contributed by atoms with E-state index in [-0.39, 0.29) is 18.2 Å². The van der Waals surface area contributed by atoms with Gasteiger partial charge in [0.25, 0.3) is 5.91 Å². The van der Waals surface area contributed by atoms with Crippen molar-refractivity contribution < 1.29 is 9.53 Å². The third kappa shape index (κ3) is 5.55. The number of para-hydroxylation sites is 2. The number of nitrogens with one attached hydrogen (secondary N) is 1. The fourth-order valence-electron chi connectivity index (χ4n) is 5.12. The molecule has 1 amide bonds. The lowest BCUT2D eigenvalue weighted by molar-refractivity contribution is -0.126. The number of benzene rings is 1. The molecule has 2 aliphatic heterocycles. The lowest BCUT2D eigenvalue weighted by Crippen LogP contribution is -2.47. The first-order chi connectivity index (χ1) is 16.4. The van der Waals surface area contributed by atoms with Gasteiger partial charge in [-0.05, 0) is 58.2 Å². The summed E-state index contributed by atoms with van der Waals surface area (Å²) < 4.78 is 6.06. The molecule has 182 valence electrons. The van der Waals surface area contributed by atoms with Crippen LogP contribution in [0.3, 0.4) is 0 Å². The van der Waals surface area contributed by atoms with Crippen LogP contribution in [0.4, 0.5) is 5.69 Å². The number of nitrogens with two attached hydrogens (primary N) is 1. The van der Waals surface area contributed by atoms with Gasteiger partial charge in [-0.1, -0.05) is 25.0 Å². The van der Waals surface area contributed by atoms with Crippen LogP contribution in [0.15, 0.2) is 36.7 Å². The zero-order valence-corrected chi connectivity index (χ0v) is 20.2. The molecule has 8 heteroatoms. The van der Waals surface area contributed by atoms with Crippen LogP contribution in [-0.2, 0) is 11.2 Å². The Labute approximate surface area is 202 Å². The highest BCUT2D eigenvalue weighted by Crippen LogP contribution is 2.34. The first-order valence-corrected chi connectivity index (χ1v) is 12.4. The monoisotopic (exact) mass is 464 g/mol. The van der Waals surface area contributed by atoms with Crippen LogP contribution in [0, 0.1) is 5.41 Å². The van der Waals surface area contributed by atoms with Gasteiger partial charge in [0.1, 0.15) is 17.3 Å². The summed E-state index contributed by atoms with van der Waals surface area (Å²) in [6, 6.07) is 9.03. The average molecular weight is 465 g/mol. The van der Waals surface area contributed by atoms with E-state index in [1.165, 1.54) is 25.5 Å². The van der Waals surface area contributed by atoms with Crippen LogP contribution in [0.2, 0.25) is 0 Å². The molecule has 3 heterocycles. The molecule has 1 unspecified atom stereocenters. The van der Waals surface area contributed by atoms with Crippen LogP contribution >= 0.6 is 0 Å². The number of hydrogen-bond acceptors (Lipinski definition) is 6. The number of nitrogens with zero attached hydrogens (tertiary/aromatic N) is 4. The SMILES string of the molecule is C[C@@H]1CCC[C@H](C)N1CCCCCN1C(=O)C(Cc2cncc(C(=N)N)n2)Oc2ccccc21. The highest BCUT2D eigenvalue weighted by atomic mass is 16.5. The first kappa shape index (κ1) is 24.1. The van der Waals surface area contributed by atoms with Crippen molar-refractivity contribution in [3.8, 4) is 5.75 Å². The molecular weight excluding hydrogens is 428 g/mol. The van der Waals surface area contributed by atoms with Crippen molar-refractivity contribution in [2.24, 2.45) is 5.73 Å². The Morgan fingerprint density at radius 1 is 1.12 bits per heavy atom. The minimum Gasteiger partial charge on any atom is -0.478 e. The van der Waals surface area contributed by atoms with Crippen molar-refractivity contribution in [2.45, 2.75) is 77.0 Å². The molecule has 2 aliphatic rings. The quantitative estimate of drug-likeness (QED) is 0.334. The number of amides is 1. The van der Waals surface area contributed by atoms with Gasteiger partial charge < -0.3 is 15.4 Å². The number of unbranched alkanes of at least 4 members (excludes halogenated alkanes) is 2. The van der Waals surface area contributed by atoms with E-state index in [4.69, 9.17) is 15.9 Å². The highest BCUT2D eigenvalue weighted by Gasteiger charge is 2.34. The van der Waals surface area contributed by atoms with Crippen LogP contribution in [-0.4, -0.2) is 57.9 Å². The zero-order valence-electron chi connectivity index (χ0n) is 20.2. The molecule has 4 rings (SSSR count). The van der Waals surface area contributed by atoms with E-state index in [1.54, 1.807) is 6.20 Å². The molecule has 3 atom stereocenters. The van der Waals surface area contributed by atoms with Gasteiger partial charge in [0.2, 0.25) is 0 Å². The minimum absolute atomic E-state index is 0.0630. The maximum atomic E-state index is 13.4. The molecule has 8 nitrogen and oxygen atoms in total. The predicted octanol–water partition coefficient (Wildman–Crippen LogP) is 3.53. The number of carbonyl (C=O) groups excluding carboxylic acids is 1. The summed E-state index contributed by atoms with van der Waals surface area (Å²) in [5, 5.41) is 7.58. The second-order valence-electron chi connectivity index (χ2n) is 9.50. The van der Waals surface area contributed by atoms with Gasteiger partial charge in [-0.2, -0.15) is 0 Å². The maximum Gasteiger partial charge on any atom is 0.268 e. The van der Waals surface area contributed by atoms with Crippen molar-refractivity contribution in [2.75, 3.05) is 18.0 Å². The number of rotatable bonds is 9. The maximum absolute atomic E-state index is 13.4. The molecule has 0 aliphatic carbocycles. The van der Waals surface area contributed by atoms with Gasteiger partial charge in [-0.15, -0.1) is 0 Å². The summed E-state index contributed by atoms with van der Waals surface area (Å²) in [6.45, 7) is 6.48. The molecule has 34 heavy (non-hydrogen) atoms. The average Bonchev–Trinajstić information content (AvgIpc) is 2.82. The first-order valence-electron chi connectivity index (χ1n) is 12.4. The topological polar surface area (TPSA) is 108 Å². The molecular formula is C26H36N6O2. The van der Waals surface area contributed by atoms with E-state index in [2.05, 4.69) is 28.7 Å². The molecule has 3 N–H and O–H groups in total. The number of hydrogen-bond donors (Lipinski definition) is 2. The summed E-state index contributed by atoms with van der Waals surface area (Å²) in [6.07, 6.45) is 9.75. The number of amidine groups is 1. The van der Waals surface area contributed by atoms with Crippen molar-refractivity contribution in [1.29, 1.82) is 5.41 Å². The molecule has 0 bridgehead atoms. The second kappa shape index (κ2) is 11.0. The van der Waals surface area contributed by atoms with Crippen LogP contribution in [0.5, 0.6) is 5.75 Å². The third-order valence-electron chi connectivity index (χ3n) is 7.00. The fourth-order valence-corrected chi connectivity index (χ4v) is 5.12. The predicted molar refractivity (Wildman–Crippen MR) is 133 cm³/mol. The lowest BCUT2D eigenvalue weighted by Gasteiger charge is -2.39. The van der Waals surface area contributed by atoms with Crippen LogP contribution in [0.25, 0.3) is 0 Å². The number of ether oxygens (including phenoxy) is 1. The Morgan fingerprint density at radius 2 is 1.85 bits per heavy atom. The Hall–Kier alpha value is -3.00. The lowest BCUT2D eigenvalue weighted by atomic mass is 9.97. The molecule has 1 aromatic carbocycles. The molecule has 0 spiro atoms. The molecule has 2 aromatic rings. The number of likely N-dealkylation sites (tertiary alicyclic amines) is 1. The number of anilines is 1. The van der Waals surface area contributed by atoms with E-state index in [0.717, 1.165) is 31.5 Å². The highest BCUT2D eigenvalue weighted by molar-refractivity contribution is 6.00. The Bertz CT molecular complexity index is 1000. The Morgan fingerprint density at radius 3 is 2.62 bits per heavy atom. The van der Waals surface area contributed by atoms with Crippen molar-refractivity contribution in [1.82, 2.24) is 14.9 Å². The van der Waals surface area contributed by atoms with Crippen molar-refractivity contribution in [3.63, 3.8) is 0 Å². The molecule has 1 fully saturated rings. The number of aromatic nitrogens is 2. The minimum atomic E-state index is -0.679.